The highest BCUT2D eigenvalue weighted by Crippen LogP contribution is 2.47. The highest BCUT2D eigenvalue weighted by Gasteiger charge is 2.51. The second kappa shape index (κ2) is 5.80. The van der Waals surface area contributed by atoms with E-state index in [2.05, 4.69) is 85.3 Å². The summed E-state index contributed by atoms with van der Waals surface area (Å²) in [6.45, 7) is 6.19. The topological polar surface area (TPSA) is 29.5 Å². The maximum Gasteiger partial charge on any atom is 0.101 e. The molecule has 3 unspecified atom stereocenters. The normalized spacial score (nSPS) is 29.8. The molecule has 2 nitrogen and oxygen atoms in total. The van der Waals surface area contributed by atoms with Crippen LogP contribution >= 0.6 is 15.9 Å². The van der Waals surface area contributed by atoms with Gasteiger partial charge < -0.3 is 9.84 Å². The first kappa shape index (κ1) is 17.0. The Morgan fingerprint density at radius 1 is 1.04 bits per heavy atom. The van der Waals surface area contributed by atoms with Gasteiger partial charge in [-0.1, -0.05) is 57.9 Å². The van der Waals surface area contributed by atoms with Crippen LogP contribution < -0.4 is 10.4 Å². The van der Waals surface area contributed by atoms with Crippen LogP contribution in [0.25, 0.3) is 12.2 Å². The van der Waals surface area contributed by atoms with Gasteiger partial charge in [0.2, 0.25) is 0 Å². The molecule has 1 heterocycles. The minimum Gasteiger partial charge on any atom is -0.384 e. The predicted octanol–water partition coefficient (Wildman–Crippen LogP) is 3.40. The summed E-state index contributed by atoms with van der Waals surface area (Å²) in [7, 11) is 0. The molecule has 0 aromatic heterocycles. The van der Waals surface area contributed by atoms with Gasteiger partial charge in [0.05, 0.1) is 11.7 Å². The minimum atomic E-state index is -0.948. The molecule has 1 fully saturated rings. The van der Waals surface area contributed by atoms with Gasteiger partial charge in [0.15, 0.2) is 0 Å². The maximum atomic E-state index is 11.8. The van der Waals surface area contributed by atoms with E-state index in [9.17, 15) is 5.11 Å². The smallest absolute Gasteiger partial charge is 0.101 e. The molecule has 4 rings (SSSR count). The van der Waals surface area contributed by atoms with E-state index in [0.717, 1.165) is 20.5 Å². The van der Waals surface area contributed by atoms with Crippen LogP contribution in [-0.4, -0.2) is 16.8 Å². The Kier molecular flexibility index (Phi) is 3.95. The lowest BCUT2D eigenvalue weighted by atomic mass is 9.68. The molecule has 0 amide bonds. The monoisotopic (exact) mass is 398 g/mol. The molecule has 1 aliphatic carbocycles. The first-order valence-electron chi connectivity index (χ1n) is 8.73. The second-order valence-corrected chi connectivity index (χ2v) is 8.86. The van der Waals surface area contributed by atoms with E-state index in [4.69, 9.17) is 4.74 Å². The van der Waals surface area contributed by atoms with Gasteiger partial charge in [-0.25, -0.2) is 0 Å². The number of aryl methyl sites for hydroxylation is 1. The lowest BCUT2D eigenvalue weighted by Gasteiger charge is -2.50. The molecule has 0 saturated carbocycles. The summed E-state index contributed by atoms with van der Waals surface area (Å²) >= 11 is 3.55. The minimum absolute atomic E-state index is 0.106. The molecule has 130 valence electrons. The number of aliphatic hydroxyl groups is 1. The van der Waals surface area contributed by atoms with E-state index in [-0.39, 0.29) is 12.0 Å². The molecular formula is C22H23BrO2. The number of halogens is 1. The van der Waals surface area contributed by atoms with E-state index in [0.29, 0.717) is 6.42 Å². The predicted molar refractivity (Wildman–Crippen MR) is 104 cm³/mol. The van der Waals surface area contributed by atoms with Crippen LogP contribution in [0.1, 0.15) is 31.4 Å². The van der Waals surface area contributed by atoms with Gasteiger partial charge in [-0.3, -0.25) is 0 Å². The molecule has 2 aromatic rings. The summed E-state index contributed by atoms with van der Waals surface area (Å²) in [6, 6.07) is 14.5. The standard InChI is InChI=1S/C22H23BrO2/c1-14-4-7-17(8-5-14)22(24)13-21(2,3)25-20-12-15-6-9-18(23)10-16(15)11-19(20)22/h4-12,19-20,24H,13H2,1-3H3. The fraction of sp³-hybridized carbons (Fsp3) is 0.364. The number of benzene rings is 2. The Labute approximate surface area is 157 Å². The average molecular weight is 399 g/mol. The van der Waals surface area contributed by atoms with E-state index in [1.165, 1.54) is 5.56 Å². The molecule has 3 heteroatoms. The number of ether oxygens (including phenoxy) is 1. The quantitative estimate of drug-likeness (QED) is 0.797. The van der Waals surface area contributed by atoms with Gasteiger partial charge in [0.25, 0.3) is 0 Å². The third-order valence-electron chi connectivity index (χ3n) is 5.36. The van der Waals surface area contributed by atoms with Crippen LogP contribution in [0.3, 0.4) is 0 Å². The Bertz CT molecular complexity index is 929. The Balaban J connectivity index is 1.90. The second-order valence-electron chi connectivity index (χ2n) is 7.94. The summed E-state index contributed by atoms with van der Waals surface area (Å²) in [6.07, 6.45) is 4.77. The van der Waals surface area contributed by atoms with Crippen molar-refractivity contribution in [2.45, 2.75) is 44.5 Å². The third-order valence-corrected chi connectivity index (χ3v) is 5.85. The molecule has 0 bridgehead atoms. The van der Waals surface area contributed by atoms with Crippen LogP contribution in [0, 0.1) is 12.8 Å². The fourth-order valence-electron chi connectivity index (χ4n) is 4.24. The number of hydrogen-bond acceptors (Lipinski definition) is 2. The molecule has 25 heavy (non-hydrogen) atoms. The number of rotatable bonds is 1. The van der Waals surface area contributed by atoms with Gasteiger partial charge in [-0.05, 0) is 55.0 Å². The van der Waals surface area contributed by atoms with Crippen molar-refractivity contribution in [3.63, 3.8) is 0 Å². The van der Waals surface area contributed by atoms with E-state index >= 15 is 0 Å². The summed E-state index contributed by atoms with van der Waals surface area (Å²) in [5.74, 6) is -0.106. The Morgan fingerprint density at radius 2 is 1.76 bits per heavy atom. The van der Waals surface area contributed by atoms with Crippen LogP contribution in [-0.2, 0) is 10.3 Å². The van der Waals surface area contributed by atoms with Crippen LogP contribution in [0.15, 0.2) is 46.9 Å². The molecule has 3 atom stereocenters. The largest absolute Gasteiger partial charge is 0.384 e. The third kappa shape index (κ3) is 2.99. The average Bonchev–Trinajstić information content (AvgIpc) is 2.53. The fourth-order valence-corrected chi connectivity index (χ4v) is 4.62. The molecule has 2 aromatic carbocycles. The zero-order valence-electron chi connectivity index (χ0n) is 14.8. The maximum absolute atomic E-state index is 11.8. The highest BCUT2D eigenvalue weighted by molar-refractivity contribution is 9.10. The Hall–Kier alpha value is -1.42. The van der Waals surface area contributed by atoms with Crippen LogP contribution in [0.5, 0.6) is 0 Å². The van der Waals surface area contributed by atoms with E-state index in [1.54, 1.807) is 0 Å². The molecule has 1 saturated heterocycles. The number of fused-ring (bicyclic) bond motifs is 2. The van der Waals surface area contributed by atoms with Gasteiger partial charge in [0, 0.05) is 16.8 Å². The van der Waals surface area contributed by atoms with Crippen molar-refractivity contribution in [3.05, 3.63) is 68.5 Å². The van der Waals surface area contributed by atoms with Crippen LogP contribution in [0.2, 0.25) is 0 Å². The molecule has 0 spiro atoms. The molecule has 1 aliphatic heterocycles. The lowest BCUT2D eigenvalue weighted by Crippen LogP contribution is -2.56. The summed E-state index contributed by atoms with van der Waals surface area (Å²) in [5, 5.41) is 14.1. The van der Waals surface area contributed by atoms with Crippen molar-refractivity contribution in [2.24, 2.45) is 5.92 Å². The van der Waals surface area contributed by atoms with Crippen molar-refractivity contribution in [2.75, 3.05) is 0 Å². The van der Waals surface area contributed by atoms with E-state index in [1.807, 2.05) is 6.07 Å². The highest BCUT2D eigenvalue weighted by atomic mass is 79.9. The molecule has 0 radical (unpaired) electrons. The lowest BCUT2D eigenvalue weighted by molar-refractivity contribution is -0.189. The van der Waals surface area contributed by atoms with Crippen molar-refractivity contribution in [1.82, 2.24) is 0 Å². The van der Waals surface area contributed by atoms with Gasteiger partial charge in [-0.2, -0.15) is 0 Å². The van der Waals surface area contributed by atoms with Gasteiger partial charge in [0.1, 0.15) is 5.60 Å². The summed E-state index contributed by atoms with van der Waals surface area (Å²) in [4.78, 5) is 0. The molecule has 1 N–H and O–H groups in total. The number of hydrogen-bond donors (Lipinski definition) is 1. The SMILES string of the molecule is Cc1ccc(C2(O)CC(C)(C)OC3C=c4ccc(Br)cc4=CC32)cc1. The zero-order valence-corrected chi connectivity index (χ0v) is 16.4. The van der Waals surface area contributed by atoms with Crippen molar-refractivity contribution >= 4 is 28.1 Å². The first-order chi connectivity index (χ1) is 11.8. The summed E-state index contributed by atoms with van der Waals surface area (Å²) in [5.41, 5.74) is 0.825. The van der Waals surface area contributed by atoms with Gasteiger partial charge >= 0.3 is 0 Å². The first-order valence-corrected chi connectivity index (χ1v) is 9.53. The zero-order chi connectivity index (χ0) is 17.8. The summed E-state index contributed by atoms with van der Waals surface area (Å²) < 4.78 is 7.39. The van der Waals surface area contributed by atoms with E-state index < -0.39 is 11.2 Å². The van der Waals surface area contributed by atoms with Crippen molar-refractivity contribution in [1.29, 1.82) is 0 Å². The van der Waals surface area contributed by atoms with Crippen molar-refractivity contribution < 1.29 is 9.84 Å². The molecular weight excluding hydrogens is 376 g/mol. The van der Waals surface area contributed by atoms with Crippen molar-refractivity contribution in [3.8, 4) is 0 Å². The van der Waals surface area contributed by atoms with Crippen LogP contribution in [0.4, 0.5) is 0 Å². The van der Waals surface area contributed by atoms with Gasteiger partial charge in [-0.15, -0.1) is 0 Å². The Morgan fingerprint density at radius 3 is 2.48 bits per heavy atom. The molecule has 2 aliphatic rings.